The van der Waals surface area contributed by atoms with Crippen LogP contribution in [0.1, 0.15) is 25.8 Å². The van der Waals surface area contributed by atoms with Gasteiger partial charge in [0.15, 0.2) is 22.7 Å². The molecule has 10 nitrogen and oxygen atoms in total. The molecule has 0 atom stereocenters. The van der Waals surface area contributed by atoms with E-state index in [2.05, 4.69) is 20.5 Å². The van der Waals surface area contributed by atoms with Crippen LogP contribution in [0.4, 0.5) is 5.95 Å². The Hall–Kier alpha value is -3.56. The van der Waals surface area contributed by atoms with Gasteiger partial charge in [-0.05, 0) is 37.1 Å². The van der Waals surface area contributed by atoms with Gasteiger partial charge in [-0.3, -0.25) is 14.3 Å². The highest BCUT2D eigenvalue weighted by atomic mass is 16.5. The number of H-pyrrole nitrogens is 1. The van der Waals surface area contributed by atoms with Crippen LogP contribution in [0, 0.1) is 0 Å². The lowest BCUT2D eigenvalue weighted by Crippen LogP contribution is -2.29. The number of aromatic amines is 1. The molecule has 0 saturated carbocycles. The van der Waals surface area contributed by atoms with Crippen molar-refractivity contribution >= 4 is 23.3 Å². The Labute approximate surface area is 160 Å². The van der Waals surface area contributed by atoms with E-state index in [4.69, 9.17) is 4.74 Å². The summed E-state index contributed by atoms with van der Waals surface area (Å²) >= 11 is 0. The summed E-state index contributed by atoms with van der Waals surface area (Å²) in [6.07, 6.45) is 2.31. The summed E-state index contributed by atoms with van der Waals surface area (Å²) in [5.74, 6) is 0.770. The molecule has 0 radical (unpaired) electrons. The highest BCUT2D eigenvalue weighted by molar-refractivity contribution is 5.81. The fourth-order valence-corrected chi connectivity index (χ4v) is 2.81. The molecule has 0 amide bonds. The second kappa shape index (κ2) is 7.99. The van der Waals surface area contributed by atoms with Crippen LogP contribution in [0.2, 0.25) is 0 Å². The zero-order valence-electron chi connectivity index (χ0n) is 15.9. The third kappa shape index (κ3) is 3.61. The quantitative estimate of drug-likeness (QED) is 0.416. The first kappa shape index (κ1) is 19.2. The van der Waals surface area contributed by atoms with Crippen LogP contribution >= 0.6 is 0 Å². The number of aromatic hydroxyl groups is 1. The summed E-state index contributed by atoms with van der Waals surface area (Å²) in [5.41, 5.74) is 3.11. The predicted octanol–water partition coefficient (Wildman–Crippen LogP) is 1.38. The summed E-state index contributed by atoms with van der Waals surface area (Å²) in [7, 11) is 1.54. The van der Waals surface area contributed by atoms with Gasteiger partial charge in [0.25, 0.3) is 5.56 Å². The molecule has 1 aromatic carbocycles. The summed E-state index contributed by atoms with van der Waals surface area (Å²) < 4.78 is 8.32. The van der Waals surface area contributed by atoms with E-state index >= 15 is 0 Å². The average molecular weight is 386 g/mol. The second-order valence-electron chi connectivity index (χ2n) is 6.11. The van der Waals surface area contributed by atoms with E-state index in [0.717, 1.165) is 6.42 Å². The maximum Gasteiger partial charge on any atom is 0.329 e. The van der Waals surface area contributed by atoms with Crippen molar-refractivity contribution < 1.29 is 9.84 Å². The molecule has 0 aliphatic heterocycles. The molecule has 2 aromatic heterocycles. The summed E-state index contributed by atoms with van der Waals surface area (Å²) in [5, 5.41) is 13.9. The smallest absolute Gasteiger partial charge is 0.329 e. The second-order valence-corrected chi connectivity index (χ2v) is 6.11. The lowest BCUT2D eigenvalue weighted by atomic mass is 10.2. The molecule has 0 saturated heterocycles. The number of aromatic nitrogens is 4. The fourth-order valence-electron chi connectivity index (χ4n) is 2.81. The molecule has 3 aromatic rings. The number of imidazole rings is 1. The number of phenolic OH excluding ortho intramolecular Hbond substituents is 1. The molecule has 0 bridgehead atoms. The Bertz CT molecular complexity index is 1140. The number of nitrogens with one attached hydrogen (secondary N) is 2. The molecule has 0 aliphatic rings. The third-order valence-electron chi connectivity index (χ3n) is 4.12. The Balaban J connectivity index is 1.95. The number of hydrogen-bond donors (Lipinski definition) is 3. The van der Waals surface area contributed by atoms with Gasteiger partial charge in [-0.1, -0.05) is 6.92 Å². The number of rotatable bonds is 7. The number of nitrogens with zero attached hydrogens (tertiary/aromatic N) is 4. The Kier molecular flexibility index (Phi) is 5.48. The van der Waals surface area contributed by atoms with Crippen molar-refractivity contribution in [2.75, 3.05) is 12.0 Å². The van der Waals surface area contributed by atoms with Gasteiger partial charge in [0.05, 0.1) is 12.8 Å². The molecule has 3 N–H and O–H groups in total. The van der Waals surface area contributed by atoms with Gasteiger partial charge in [-0.2, -0.15) is 10.1 Å². The number of aryl methyl sites for hydroxylation is 2. The average Bonchev–Trinajstić information content (AvgIpc) is 3.02. The first-order valence-electron chi connectivity index (χ1n) is 8.90. The predicted molar refractivity (Wildman–Crippen MR) is 106 cm³/mol. The van der Waals surface area contributed by atoms with E-state index in [1.165, 1.54) is 10.6 Å². The standard InChI is InChI=1S/C18H22N6O4/c1-4-8-24-14-15(23(3)18(27)21-16(14)26)20-17(24)22-19-10-11-6-7-12(25)13(9-11)28-5-2/h6-7,9-10,25H,4-5,8H2,1-3H3,(H,20,22)(H,21,26,27)/b19-10-. The first-order valence-corrected chi connectivity index (χ1v) is 8.90. The molecule has 0 fully saturated rings. The van der Waals surface area contributed by atoms with E-state index in [9.17, 15) is 14.7 Å². The van der Waals surface area contributed by atoms with Gasteiger partial charge in [0.2, 0.25) is 5.95 Å². The van der Waals surface area contributed by atoms with Crippen molar-refractivity contribution in [2.24, 2.45) is 12.1 Å². The van der Waals surface area contributed by atoms with Crippen LogP contribution < -0.4 is 21.4 Å². The molecular formula is C18H22N6O4. The minimum absolute atomic E-state index is 0.0526. The first-order chi connectivity index (χ1) is 13.5. The normalized spacial score (nSPS) is 11.4. The fraction of sp³-hybridized carbons (Fsp3) is 0.333. The lowest BCUT2D eigenvalue weighted by molar-refractivity contribution is 0.318. The van der Waals surface area contributed by atoms with Crippen LogP contribution in [-0.4, -0.2) is 37.0 Å². The highest BCUT2D eigenvalue weighted by Crippen LogP contribution is 2.26. The van der Waals surface area contributed by atoms with Gasteiger partial charge < -0.3 is 14.4 Å². The Morgan fingerprint density at radius 3 is 2.86 bits per heavy atom. The summed E-state index contributed by atoms with van der Waals surface area (Å²) in [6, 6.07) is 4.87. The van der Waals surface area contributed by atoms with Gasteiger partial charge in [-0.25, -0.2) is 10.2 Å². The number of fused-ring (bicyclic) bond motifs is 1. The summed E-state index contributed by atoms with van der Waals surface area (Å²) in [6.45, 7) is 4.76. The molecule has 3 rings (SSSR count). The third-order valence-corrected chi connectivity index (χ3v) is 4.12. The molecule has 148 valence electrons. The molecular weight excluding hydrogens is 364 g/mol. The van der Waals surface area contributed by atoms with Gasteiger partial charge in [-0.15, -0.1) is 0 Å². The van der Waals surface area contributed by atoms with Gasteiger partial charge >= 0.3 is 5.69 Å². The van der Waals surface area contributed by atoms with Crippen molar-refractivity contribution in [3.8, 4) is 11.5 Å². The molecule has 2 heterocycles. The molecule has 0 aliphatic carbocycles. The SMILES string of the molecule is CCCn1c(N/N=C\c2ccc(O)c(OCC)c2)nc2c1c(=O)[nH]c(=O)n2C. The minimum Gasteiger partial charge on any atom is -0.504 e. The van der Waals surface area contributed by atoms with Crippen molar-refractivity contribution in [2.45, 2.75) is 26.8 Å². The lowest BCUT2D eigenvalue weighted by Gasteiger charge is -2.07. The Morgan fingerprint density at radius 1 is 1.36 bits per heavy atom. The van der Waals surface area contributed by atoms with Crippen LogP contribution in [0.25, 0.3) is 11.2 Å². The number of hydrogen-bond acceptors (Lipinski definition) is 7. The Morgan fingerprint density at radius 2 is 2.14 bits per heavy atom. The zero-order valence-corrected chi connectivity index (χ0v) is 15.9. The zero-order chi connectivity index (χ0) is 20.3. The van der Waals surface area contributed by atoms with Crippen LogP contribution in [0.5, 0.6) is 11.5 Å². The largest absolute Gasteiger partial charge is 0.504 e. The number of benzene rings is 1. The van der Waals surface area contributed by atoms with Crippen LogP contribution in [0.15, 0.2) is 32.9 Å². The number of ether oxygens (including phenoxy) is 1. The van der Waals surface area contributed by atoms with Crippen LogP contribution in [-0.2, 0) is 13.6 Å². The van der Waals surface area contributed by atoms with Crippen molar-refractivity contribution in [3.63, 3.8) is 0 Å². The van der Waals surface area contributed by atoms with E-state index in [0.29, 0.717) is 35.9 Å². The topological polar surface area (TPSA) is 127 Å². The van der Waals surface area contributed by atoms with Crippen LogP contribution in [0.3, 0.4) is 0 Å². The van der Waals surface area contributed by atoms with Gasteiger partial charge in [0.1, 0.15) is 0 Å². The maximum atomic E-state index is 12.3. The van der Waals surface area contributed by atoms with Crippen molar-refractivity contribution in [3.05, 3.63) is 44.6 Å². The number of phenols is 1. The van der Waals surface area contributed by atoms with E-state index in [-0.39, 0.29) is 11.4 Å². The number of anilines is 1. The summed E-state index contributed by atoms with van der Waals surface area (Å²) in [4.78, 5) is 30.7. The maximum absolute atomic E-state index is 12.3. The monoisotopic (exact) mass is 386 g/mol. The molecule has 10 heteroatoms. The van der Waals surface area contributed by atoms with Crippen molar-refractivity contribution in [1.82, 2.24) is 19.1 Å². The van der Waals surface area contributed by atoms with E-state index in [1.807, 2.05) is 13.8 Å². The molecule has 0 unspecified atom stereocenters. The molecule has 0 spiro atoms. The van der Waals surface area contributed by atoms with E-state index < -0.39 is 11.2 Å². The number of hydrazone groups is 1. The van der Waals surface area contributed by atoms with E-state index in [1.54, 1.807) is 30.0 Å². The van der Waals surface area contributed by atoms with Gasteiger partial charge in [0, 0.05) is 13.6 Å². The van der Waals surface area contributed by atoms with Crippen molar-refractivity contribution in [1.29, 1.82) is 0 Å². The minimum atomic E-state index is -0.527. The highest BCUT2D eigenvalue weighted by Gasteiger charge is 2.16. The molecule has 28 heavy (non-hydrogen) atoms.